The van der Waals surface area contributed by atoms with Crippen molar-refractivity contribution in [3.63, 3.8) is 0 Å². The summed E-state index contributed by atoms with van der Waals surface area (Å²) in [5, 5.41) is 15.9. The molecule has 6 heteroatoms. The van der Waals surface area contributed by atoms with E-state index in [1.807, 2.05) is 0 Å². The monoisotopic (exact) mass is 252 g/mol. The molecule has 0 aromatic carbocycles. The van der Waals surface area contributed by atoms with Crippen LogP contribution in [0.2, 0.25) is 5.15 Å². The van der Waals surface area contributed by atoms with Crippen molar-refractivity contribution in [1.82, 2.24) is 10.2 Å². The van der Waals surface area contributed by atoms with Crippen molar-refractivity contribution in [1.29, 1.82) is 0 Å². The Bertz CT molecular complexity index is 272. The van der Waals surface area contributed by atoms with Gasteiger partial charge < -0.3 is 9.84 Å². The normalized spacial score (nSPS) is 9.92. The van der Waals surface area contributed by atoms with Crippen LogP contribution >= 0.6 is 27.5 Å². The molecule has 66 valence electrons. The maximum Gasteiger partial charge on any atom is 0.193 e. The quantitative estimate of drug-likeness (QED) is 0.881. The first kappa shape index (κ1) is 9.70. The third kappa shape index (κ3) is 2.58. The van der Waals surface area contributed by atoms with Crippen LogP contribution in [-0.4, -0.2) is 28.5 Å². The maximum absolute atomic E-state index is 8.47. The summed E-state index contributed by atoms with van der Waals surface area (Å²) >= 11 is 8.74. The fraction of sp³-hybridized carbons (Fsp3) is 0.333. The van der Waals surface area contributed by atoms with Crippen LogP contribution in [-0.2, 0) is 0 Å². The molecule has 1 rings (SSSR count). The van der Waals surface area contributed by atoms with Gasteiger partial charge >= 0.3 is 0 Å². The Hall–Kier alpha value is -0.390. The first-order valence-corrected chi connectivity index (χ1v) is 4.33. The molecule has 0 aliphatic carbocycles. The summed E-state index contributed by atoms with van der Waals surface area (Å²) < 4.78 is 5.59. The molecule has 0 amide bonds. The van der Waals surface area contributed by atoms with Gasteiger partial charge in [-0.1, -0.05) is 11.6 Å². The number of aliphatic hydroxyl groups excluding tert-OH is 1. The summed E-state index contributed by atoms with van der Waals surface area (Å²) in [7, 11) is 0. The lowest BCUT2D eigenvalue weighted by molar-refractivity contribution is 0.200. The highest BCUT2D eigenvalue weighted by Crippen LogP contribution is 2.23. The molecule has 0 atom stereocenters. The molecule has 0 radical (unpaired) electrons. The molecule has 4 nitrogen and oxygen atoms in total. The molecule has 0 fully saturated rings. The van der Waals surface area contributed by atoms with Gasteiger partial charge in [-0.05, 0) is 15.9 Å². The van der Waals surface area contributed by atoms with Gasteiger partial charge in [-0.15, -0.1) is 10.2 Å². The average molecular weight is 253 g/mol. The fourth-order valence-corrected chi connectivity index (χ4v) is 1.03. The Morgan fingerprint density at radius 3 is 3.00 bits per heavy atom. The molecule has 0 unspecified atom stereocenters. The van der Waals surface area contributed by atoms with Gasteiger partial charge in [0.05, 0.1) is 6.61 Å². The second-order valence-corrected chi connectivity index (χ2v) is 3.06. The number of halogens is 2. The third-order valence-electron chi connectivity index (χ3n) is 1.04. The molecule has 1 N–H and O–H groups in total. The third-order valence-corrected chi connectivity index (χ3v) is 1.69. The summed E-state index contributed by atoms with van der Waals surface area (Å²) in [5.41, 5.74) is 0. The second kappa shape index (κ2) is 4.59. The van der Waals surface area contributed by atoms with Crippen molar-refractivity contribution >= 4 is 27.5 Å². The summed E-state index contributed by atoms with van der Waals surface area (Å²) in [6.07, 6.45) is 0. The molecule has 12 heavy (non-hydrogen) atoms. The zero-order valence-electron chi connectivity index (χ0n) is 6.00. The van der Waals surface area contributed by atoms with Gasteiger partial charge in [0.1, 0.15) is 11.2 Å². The van der Waals surface area contributed by atoms with Gasteiger partial charge in [0, 0.05) is 6.07 Å². The predicted octanol–water partition coefficient (Wildman–Crippen LogP) is 1.26. The van der Waals surface area contributed by atoms with Gasteiger partial charge in [0.2, 0.25) is 0 Å². The van der Waals surface area contributed by atoms with E-state index in [0.717, 1.165) is 0 Å². The lowest BCUT2D eigenvalue weighted by atomic mass is 10.5. The molecule has 1 aromatic heterocycles. The van der Waals surface area contributed by atoms with Crippen LogP contribution in [0, 0.1) is 0 Å². The van der Waals surface area contributed by atoms with Crippen LogP contribution in [0.1, 0.15) is 0 Å². The molecule has 0 aliphatic rings. The first-order chi connectivity index (χ1) is 5.74. The van der Waals surface area contributed by atoms with Crippen molar-refractivity contribution in [2.75, 3.05) is 13.2 Å². The smallest absolute Gasteiger partial charge is 0.193 e. The molecule has 0 saturated heterocycles. The van der Waals surface area contributed by atoms with Crippen LogP contribution < -0.4 is 4.74 Å². The number of nitrogens with zero attached hydrogens (tertiary/aromatic N) is 2. The minimum atomic E-state index is -0.0593. The first-order valence-electron chi connectivity index (χ1n) is 3.16. The van der Waals surface area contributed by atoms with E-state index in [2.05, 4.69) is 26.1 Å². The van der Waals surface area contributed by atoms with Crippen LogP contribution in [0.4, 0.5) is 0 Å². The highest BCUT2D eigenvalue weighted by Gasteiger charge is 2.03. The molecule has 1 heterocycles. The largest absolute Gasteiger partial charge is 0.488 e. The Balaban J connectivity index is 2.75. The van der Waals surface area contributed by atoms with E-state index in [1.54, 1.807) is 6.07 Å². The number of hydrogen-bond donors (Lipinski definition) is 1. The van der Waals surface area contributed by atoms with Crippen LogP contribution in [0.5, 0.6) is 5.75 Å². The van der Waals surface area contributed by atoms with Gasteiger partial charge in [-0.2, -0.15) is 0 Å². The van der Waals surface area contributed by atoms with Crippen molar-refractivity contribution in [2.24, 2.45) is 0 Å². The SMILES string of the molecule is OCCOc1cc(Br)nnc1Cl. The van der Waals surface area contributed by atoms with Gasteiger partial charge in [0.15, 0.2) is 10.9 Å². The molecule has 0 bridgehead atoms. The fourth-order valence-electron chi connectivity index (χ4n) is 0.594. The lowest BCUT2D eigenvalue weighted by Gasteiger charge is -2.04. The van der Waals surface area contributed by atoms with Gasteiger partial charge in [-0.3, -0.25) is 0 Å². The number of ether oxygens (including phenoxy) is 1. The molecule has 0 aliphatic heterocycles. The number of rotatable bonds is 3. The zero-order chi connectivity index (χ0) is 8.97. The predicted molar refractivity (Wildman–Crippen MR) is 47.3 cm³/mol. The van der Waals surface area contributed by atoms with E-state index in [-0.39, 0.29) is 18.4 Å². The van der Waals surface area contributed by atoms with Crippen LogP contribution in [0.25, 0.3) is 0 Å². The average Bonchev–Trinajstić information content (AvgIpc) is 2.07. The second-order valence-electron chi connectivity index (χ2n) is 1.89. The molecule has 1 aromatic rings. The van der Waals surface area contributed by atoms with Crippen LogP contribution in [0.15, 0.2) is 10.7 Å². The van der Waals surface area contributed by atoms with E-state index >= 15 is 0 Å². The minimum absolute atomic E-state index is 0.0593. The van der Waals surface area contributed by atoms with E-state index in [4.69, 9.17) is 21.4 Å². The Morgan fingerprint density at radius 2 is 2.33 bits per heavy atom. The van der Waals surface area contributed by atoms with Crippen molar-refractivity contribution in [3.8, 4) is 5.75 Å². The van der Waals surface area contributed by atoms with E-state index in [0.29, 0.717) is 10.4 Å². The highest BCUT2D eigenvalue weighted by atomic mass is 79.9. The summed E-state index contributed by atoms with van der Waals surface area (Å²) in [6.45, 7) is 0.133. The summed E-state index contributed by atoms with van der Waals surface area (Å²) in [6, 6.07) is 1.59. The molecular formula is C6H6BrClN2O2. The lowest BCUT2D eigenvalue weighted by Crippen LogP contribution is -2.03. The summed E-state index contributed by atoms with van der Waals surface area (Å²) in [4.78, 5) is 0. The minimum Gasteiger partial charge on any atom is -0.488 e. The van der Waals surface area contributed by atoms with E-state index in [1.165, 1.54) is 0 Å². The van der Waals surface area contributed by atoms with Gasteiger partial charge in [0.25, 0.3) is 0 Å². The van der Waals surface area contributed by atoms with E-state index < -0.39 is 0 Å². The number of aliphatic hydroxyl groups is 1. The molecule has 0 spiro atoms. The number of aromatic nitrogens is 2. The van der Waals surface area contributed by atoms with E-state index in [9.17, 15) is 0 Å². The Morgan fingerprint density at radius 1 is 1.58 bits per heavy atom. The van der Waals surface area contributed by atoms with Crippen molar-refractivity contribution in [3.05, 3.63) is 15.8 Å². The standard InChI is InChI=1S/C6H6BrClN2O2/c7-5-3-4(12-2-1-11)6(8)10-9-5/h3,11H,1-2H2. The molecule has 0 saturated carbocycles. The Kier molecular flexibility index (Phi) is 3.71. The van der Waals surface area contributed by atoms with Crippen LogP contribution in [0.3, 0.4) is 0 Å². The summed E-state index contributed by atoms with van der Waals surface area (Å²) in [5.74, 6) is 0.410. The van der Waals surface area contributed by atoms with Crippen molar-refractivity contribution < 1.29 is 9.84 Å². The Labute approximate surface area is 82.6 Å². The topological polar surface area (TPSA) is 55.2 Å². The maximum atomic E-state index is 8.47. The number of hydrogen-bond acceptors (Lipinski definition) is 4. The molecular weight excluding hydrogens is 247 g/mol. The highest BCUT2D eigenvalue weighted by molar-refractivity contribution is 9.10. The van der Waals surface area contributed by atoms with Gasteiger partial charge in [-0.25, -0.2) is 0 Å². The zero-order valence-corrected chi connectivity index (χ0v) is 8.34. The van der Waals surface area contributed by atoms with Crippen molar-refractivity contribution in [2.45, 2.75) is 0 Å².